The van der Waals surface area contributed by atoms with E-state index in [0.29, 0.717) is 25.3 Å². The number of H-pyrrole nitrogens is 1. The Morgan fingerprint density at radius 1 is 1.16 bits per heavy atom. The molecule has 6 heteroatoms. The van der Waals surface area contributed by atoms with Gasteiger partial charge in [-0.1, -0.05) is 12.1 Å². The zero-order chi connectivity index (χ0) is 18.0. The van der Waals surface area contributed by atoms with Gasteiger partial charge in [-0.2, -0.15) is 0 Å². The summed E-state index contributed by atoms with van der Waals surface area (Å²) in [5, 5.41) is 3.96. The first kappa shape index (κ1) is 17.5. The molecular formula is C19H26N4O2. The number of carbonyl (C=O) groups excluding carboxylic acids is 2. The Hall–Kier alpha value is -2.34. The van der Waals surface area contributed by atoms with E-state index in [0.717, 1.165) is 24.0 Å². The van der Waals surface area contributed by atoms with E-state index >= 15 is 0 Å². The summed E-state index contributed by atoms with van der Waals surface area (Å²) < 4.78 is 0. The van der Waals surface area contributed by atoms with Crippen LogP contribution in [0.1, 0.15) is 29.9 Å². The van der Waals surface area contributed by atoms with Crippen LogP contribution in [0.3, 0.4) is 0 Å². The minimum Gasteiger partial charge on any atom is -0.353 e. The van der Waals surface area contributed by atoms with E-state index in [2.05, 4.69) is 21.3 Å². The number of piperazine rings is 1. The van der Waals surface area contributed by atoms with E-state index < -0.39 is 0 Å². The van der Waals surface area contributed by atoms with Crippen molar-refractivity contribution in [2.75, 3.05) is 32.7 Å². The number of nitrogens with zero attached hydrogens (tertiary/aromatic N) is 2. The molecule has 0 saturated carbocycles. The summed E-state index contributed by atoms with van der Waals surface area (Å²) >= 11 is 0. The molecule has 1 aromatic heterocycles. The second kappa shape index (κ2) is 7.27. The summed E-state index contributed by atoms with van der Waals surface area (Å²) in [6, 6.07) is 8.20. The van der Waals surface area contributed by atoms with Crippen molar-refractivity contribution in [3.63, 3.8) is 0 Å². The largest absolute Gasteiger partial charge is 0.353 e. The van der Waals surface area contributed by atoms with Crippen molar-refractivity contribution in [2.24, 2.45) is 0 Å². The second-order valence-electron chi connectivity index (χ2n) is 7.06. The topological polar surface area (TPSA) is 68.4 Å². The van der Waals surface area contributed by atoms with Gasteiger partial charge in [0, 0.05) is 43.1 Å². The SMILES string of the molecule is Cc1ccc2cc(C(=O)N3CCN(CC(=O)NC(C)C)CC3)[nH]c2c1. The van der Waals surface area contributed by atoms with Gasteiger partial charge in [0.2, 0.25) is 5.91 Å². The van der Waals surface area contributed by atoms with Crippen molar-refractivity contribution < 1.29 is 9.59 Å². The molecule has 2 amide bonds. The number of hydrogen-bond acceptors (Lipinski definition) is 3. The summed E-state index contributed by atoms with van der Waals surface area (Å²) in [4.78, 5) is 31.8. The van der Waals surface area contributed by atoms with Crippen LogP contribution >= 0.6 is 0 Å². The lowest BCUT2D eigenvalue weighted by atomic mass is 10.2. The van der Waals surface area contributed by atoms with Gasteiger partial charge in [-0.15, -0.1) is 0 Å². The van der Waals surface area contributed by atoms with Crippen molar-refractivity contribution >= 4 is 22.7 Å². The van der Waals surface area contributed by atoms with E-state index in [1.165, 1.54) is 5.56 Å². The van der Waals surface area contributed by atoms with E-state index in [9.17, 15) is 9.59 Å². The van der Waals surface area contributed by atoms with Crippen molar-refractivity contribution in [2.45, 2.75) is 26.8 Å². The molecule has 0 bridgehead atoms. The van der Waals surface area contributed by atoms with E-state index in [1.807, 2.05) is 43.9 Å². The van der Waals surface area contributed by atoms with Crippen molar-refractivity contribution in [1.82, 2.24) is 20.1 Å². The average Bonchev–Trinajstić information content (AvgIpc) is 2.97. The van der Waals surface area contributed by atoms with Crippen LogP contribution in [0.4, 0.5) is 0 Å². The Kier molecular flexibility index (Phi) is 5.08. The van der Waals surface area contributed by atoms with Crippen molar-refractivity contribution in [3.8, 4) is 0 Å². The normalized spacial score (nSPS) is 15.8. The maximum absolute atomic E-state index is 12.7. The van der Waals surface area contributed by atoms with Crippen LogP contribution in [-0.2, 0) is 4.79 Å². The standard InChI is InChI=1S/C19H26N4O2/c1-13(2)20-18(24)12-22-6-8-23(9-7-22)19(25)17-11-15-5-4-14(3)10-16(15)21-17/h4-5,10-11,13,21H,6-9,12H2,1-3H3,(H,20,24). The van der Waals surface area contributed by atoms with Crippen LogP contribution in [0.5, 0.6) is 0 Å². The fourth-order valence-electron chi connectivity index (χ4n) is 3.21. The summed E-state index contributed by atoms with van der Waals surface area (Å²) in [7, 11) is 0. The number of carbonyl (C=O) groups is 2. The van der Waals surface area contributed by atoms with Gasteiger partial charge in [-0.25, -0.2) is 0 Å². The molecule has 6 nitrogen and oxygen atoms in total. The number of aromatic amines is 1. The van der Waals surface area contributed by atoms with E-state index in [1.54, 1.807) is 0 Å². The number of rotatable bonds is 4. The molecule has 2 aromatic rings. The number of aromatic nitrogens is 1. The first-order valence-electron chi connectivity index (χ1n) is 8.83. The molecule has 0 aliphatic carbocycles. The van der Waals surface area contributed by atoms with Gasteiger partial charge in [0.1, 0.15) is 5.69 Å². The zero-order valence-corrected chi connectivity index (χ0v) is 15.1. The summed E-state index contributed by atoms with van der Waals surface area (Å²) in [5.74, 6) is 0.0703. The highest BCUT2D eigenvalue weighted by molar-refractivity contribution is 5.98. The zero-order valence-electron chi connectivity index (χ0n) is 15.1. The molecule has 1 fully saturated rings. The summed E-state index contributed by atoms with van der Waals surface area (Å²) in [5.41, 5.74) is 2.79. The number of aryl methyl sites for hydroxylation is 1. The Labute approximate surface area is 148 Å². The summed E-state index contributed by atoms with van der Waals surface area (Å²) in [6.07, 6.45) is 0. The maximum Gasteiger partial charge on any atom is 0.270 e. The molecule has 25 heavy (non-hydrogen) atoms. The molecule has 0 radical (unpaired) electrons. The summed E-state index contributed by atoms with van der Waals surface area (Å²) in [6.45, 7) is 9.06. The molecule has 1 aliphatic rings. The first-order chi connectivity index (χ1) is 11.9. The number of hydrogen-bond donors (Lipinski definition) is 2. The highest BCUT2D eigenvalue weighted by atomic mass is 16.2. The average molecular weight is 342 g/mol. The van der Waals surface area contributed by atoms with Gasteiger partial charge in [0.05, 0.1) is 6.54 Å². The molecule has 2 heterocycles. The molecule has 1 aromatic carbocycles. The van der Waals surface area contributed by atoms with Crippen LogP contribution in [0, 0.1) is 6.92 Å². The lowest BCUT2D eigenvalue weighted by Gasteiger charge is -2.34. The fourth-order valence-corrected chi connectivity index (χ4v) is 3.21. The lowest BCUT2D eigenvalue weighted by molar-refractivity contribution is -0.123. The van der Waals surface area contributed by atoms with Crippen molar-refractivity contribution in [3.05, 3.63) is 35.5 Å². The first-order valence-corrected chi connectivity index (χ1v) is 8.83. The number of benzene rings is 1. The fraction of sp³-hybridized carbons (Fsp3) is 0.474. The number of amides is 2. The Bertz CT molecular complexity index is 773. The van der Waals surface area contributed by atoms with E-state index in [-0.39, 0.29) is 17.9 Å². The molecule has 0 unspecified atom stereocenters. The van der Waals surface area contributed by atoms with Gasteiger partial charge in [-0.3, -0.25) is 14.5 Å². The predicted molar refractivity (Wildman–Crippen MR) is 98.7 cm³/mol. The molecule has 0 atom stereocenters. The highest BCUT2D eigenvalue weighted by Gasteiger charge is 2.24. The lowest BCUT2D eigenvalue weighted by Crippen LogP contribution is -2.51. The van der Waals surface area contributed by atoms with Crippen LogP contribution in [0.25, 0.3) is 10.9 Å². The third-order valence-electron chi connectivity index (χ3n) is 4.48. The Morgan fingerprint density at radius 2 is 1.88 bits per heavy atom. The predicted octanol–water partition coefficient (Wildman–Crippen LogP) is 1.76. The van der Waals surface area contributed by atoms with Crippen LogP contribution in [-0.4, -0.2) is 65.4 Å². The molecule has 1 aliphatic heterocycles. The quantitative estimate of drug-likeness (QED) is 0.890. The van der Waals surface area contributed by atoms with Gasteiger partial charge in [0.15, 0.2) is 0 Å². The number of fused-ring (bicyclic) bond motifs is 1. The molecule has 134 valence electrons. The monoisotopic (exact) mass is 342 g/mol. The molecular weight excluding hydrogens is 316 g/mol. The maximum atomic E-state index is 12.7. The Morgan fingerprint density at radius 3 is 2.56 bits per heavy atom. The third-order valence-corrected chi connectivity index (χ3v) is 4.48. The molecule has 3 rings (SSSR count). The molecule has 2 N–H and O–H groups in total. The van der Waals surface area contributed by atoms with Crippen molar-refractivity contribution in [1.29, 1.82) is 0 Å². The highest BCUT2D eigenvalue weighted by Crippen LogP contribution is 2.18. The molecule has 1 saturated heterocycles. The number of nitrogens with one attached hydrogen (secondary N) is 2. The van der Waals surface area contributed by atoms with Crippen LogP contribution in [0.2, 0.25) is 0 Å². The molecule has 0 spiro atoms. The third kappa shape index (κ3) is 4.20. The van der Waals surface area contributed by atoms with Gasteiger partial charge in [-0.05, 0) is 38.5 Å². The van der Waals surface area contributed by atoms with E-state index in [4.69, 9.17) is 0 Å². The minimum absolute atomic E-state index is 0.0279. The van der Waals surface area contributed by atoms with Gasteiger partial charge < -0.3 is 15.2 Å². The van der Waals surface area contributed by atoms with Gasteiger partial charge in [0.25, 0.3) is 5.91 Å². The Balaban J connectivity index is 1.58. The van der Waals surface area contributed by atoms with Crippen LogP contribution in [0.15, 0.2) is 24.3 Å². The smallest absolute Gasteiger partial charge is 0.270 e. The van der Waals surface area contributed by atoms with Crippen LogP contribution < -0.4 is 5.32 Å². The minimum atomic E-state index is 0.0279. The van der Waals surface area contributed by atoms with Gasteiger partial charge >= 0.3 is 0 Å². The second-order valence-corrected chi connectivity index (χ2v) is 7.06.